The molecule has 0 unspecified atom stereocenters. The monoisotopic (exact) mass is 551 g/mol. The maximum absolute atomic E-state index is 14.7. The average molecular weight is 552 g/mol. The first kappa shape index (κ1) is 29.8. The molecule has 2 bridgehead atoms. The third-order valence-corrected chi connectivity index (χ3v) is 7.60. The number of halogens is 2. The number of hydrogen-bond donors (Lipinski definition) is 3. The summed E-state index contributed by atoms with van der Waals surface area (Å²) in [7, 11) is 0. The highest BCUT2D eigenvalue weighted by Crippen LogP contribution is 2.23. The molecule has 3 aliphatic rings. The lowest BCUT2D eigenvalue weighted by atomic mass is 10.0. The fourth-order valence-corrected chi connectivity index (χ4v) is 5.37. The molecule has 0 aromatic heterocycles. The van der Waals surface area contributed by atoms with Crippen molar-refractivity contribution in [2.24, 2.45) is 5.92 Å². The normalized spacial score (nSPS) is 25.4. The van der Waals surface area contributed by atoms with Crippen molar-refractivity contribution in [1.82, 2.24) is 25.8 Å². The van der Waals surface area contributed by atoms with Gasteiger partial charge in [0.25, 0.3) is 5.91 Å². The molecular formula is C27H39ClFN5O4. The van der Waals surface area contributed by atoms with Crippen molar-refractivity contribution in [3.8, 4) is 0 Å². The van der Waals surface area contributed by atoms with Gasteiger partial charge in [0.15, 0.2) is 0 Å². The van der Waals surface area contributed by atoms with Gasteiger partial charge in [-0.1, -0.05) is 19.9 Å². The van der Waals surface area contributed by atoms with Gasteiger partial charge in [0.2, 0.25) is 17.7 Å². The first-order valence-corrected chi connectivity index (χ1v) is 13.4. The van der Waals surface area contributed by atoms with Gasteiger partial charge in [-0.2, -0.15) is 0 Å². The zero-order chi connectivity index (χ0) is 26.5. The largest absolute Gasteiger partial charge is 0.355 e. The van der Waals surface area contributed by atoms with Gasteiger partial charge in [0, 0.05) is 25.7 Å². The van der Waals surface area contributed by atoms with E-state index in [1.54, 1.807) is 12.1 Å². The molecular weight excluding hydrogens is 513 g/mol. The predicted octanol–water partition coefficient (Wildman–Crippen LogP) is 1.64. The Morgan fingerprint density at radius 3 is 2.58 bits per heavy atom. The van der Waals surface area contributed by atoms with Crippen LogP contribution in [0.3, 0.4) is 0 Å². The van der Waals surface area contributed by atoms with E-state index in [2.05, 4.69) is 16.0 Å². The zero-order valence-electron chi connectivity index (χ0n) is 22.1. The Hall–Kier alpha value is -2.72. The molecule has 0 saturated carbocycles. The lowest BCUT2D eigenvalue weighted by Crippen LogP contribution is -2.56. The number of amides is 4. The molecule has 3 heterocycles. The van der Waals surface area contributed by atoms with Gasteiger partial charge >= 0.3 is 0 Å². The summed E-state index contributed by atoms with van der Waals surface area (Å²) in [5.74, 6) is -1.85. The van der Waals surface area contributed by atoms with Crippen LogP contribution in [0.4, 0.5) is 4.39 Å². The maximum Gasteiger partial charge on any atom is 0.257 e. The summed E-state index contributed by atoms with van der Waals surface area (Å²) in [5.41, 5.74) is 0.749. The van der Waals surface area contributed by atoms with Gasteiger partial charge in [-0.3, -0.25) is 19.2 Å². The minimum Gasteiger partial charge on any atom is -0.355 e. The number of fused-ring (bicyclic) bond motifs is 3. The topological polar surface area (TPSA) is 111 Å². The third kappa shape index (κ3) is 7.02. The van der Waals surface area contributed by atoms with Gasteiger partial charge in [-0.25, -0.2) is 4.39 Å². The van der Waals surface area contributed by atoms with Gasteiger partial charge < -0.3 is 25.8 Å². The molecule has 0 aliphatic carbocycles. The first-order valence-electron chi connectivity index (χ1n) is 13.4. The van der Waals surface area contributed by atoms with Crippen LogP contribution in [0.1, 0.15) is 61.9 Å². The standard InChI is InChI=1S/C27H38FN5O4.ClH/c1-17(2)22-15-32(27(37)21-7-4-11-29-21)16-24(34)30-12-3-6-18-9-10-20(28)19(14-18)26(36)33-13-5-8-23(33)25(35)31-22;/h9-10,14,17,21-23,29H,3-8,11-13,15-16H2,1-2H3,(H,30,34)(H,31,35);1H/t21-,22-,23-;/m0./s1. The van der Waals surface area contributed by atoms with E-state index in [9.17, 15) is 23.6 Å². The molecule has 2 saturated heterocycles. The SMILES string of the molecule is CC(C)[C@@H]1CN(C(=O)[C@@H]2CCCN2)CC(=O)NCCCc2ccc(F)c(c2)C(=O)N2CCC[C@H]2C(=O)N1.Cl. The van der Waals surface area contributed by atoms with Crippen LogP contribution in [-0.2, 0) is 20.8 Å². The molecule has 1 aromatic carbocycles. The molecule has 11 heteroatoms. The van der Waals surface area contributed by atoms with Crippen LogP contribution in [0.25, 0.3) is 0 Å². The maximum atomic E-state index is 14.7. The summed E-state index contributed by atoms with van der Waals surface area (Å²) in [4.78, 5) is 55.9. The van der Waals surface area contributed by atoms with E-state index in [-0.39, 0.29) is 60.7 Å². The molecule has 210 valence electrons. The number of carbonyl (C=O) groups is 4. The second kappa shape index (κ2) is 13.4. The minimum atomic E-state index is -0.712. The molecule has 0 spiro atoms. The molecule has 4 rings (SSSR count). The van der Waals surface area contributed by atoms with Gasteiger partial charge in [-0.15, -0.1) is 12.4 Å². The van der Waals surface area contributed by atoms with E-state index < -0.39 is 23.8 Å². The first-order chi connectivity index (χ1) is 17.7. The van der Waals surface area contributed by atoms with Crippen molar-refractivity contribution < 1.29 is 23.6 Å². The number of aryl methyl sites for hydroxylation is 1. The van der Waals surface area contributed by atoms with Crippen LogP contribution in [-0.4, -0.2) is 84.3 Å². The molecule has 0 radical (unpaired) electrons. The number of hydrogen-bond acceptors (Lipinski definition) is 5. The predicted molar refractivity (Wildman–Crippen MR) is 143 cm³/mol. The Bertz CT molecular complexity index is 1030. The smallest absolute Gasteiger partial charge is 0.257 e. The van der Waals surface area contributed by atoms with E-state index in [0.29, 0.717) is 45.2 Å². The Balaban J connectivity index is 0.00000400. The molecule has 1 aromatic rings. The quantitative estimate of drug-likeness (QED) is 0.517. The minimum absolute atomic E-state index is 0. The fraction of sp³-hybridized carbons (Fsp3) is 0.630. The van der Waals surface area contributed by atoms with Crippen LogP contribution >= 0.6 is 12.4 Å². The van der Waals surface area contributed by atoms with Crippen LogP contribution in [0.15, 0.2) is 18.2 Å². The molecule has 9 nitrogen and oxygen atoms in total. The summed E-state index contributed by atoms with van der Waals surface area (Å²) in [5, 5.41) is 9.12. The third-order valence-electron chi connectivity index (χ3n) is 7.60. The molecule has 3 N–H and O–H groups in total. The van der Waals surface area contributed by atoms with E-state index in [0.717, 1.165) is 18.5 Å². The summed E-state index contributed by atoms with van der Waals surface area (Å²) in [6.07, 6.45) is 3.90. The Morgan fingerprint density at radius 1 is 1.08 bits per heavy atom. The van der Waals surface area contributed by atoms with E-state index in [4.69, 9.17) is 0 Å². The van der Waals surface area contributed by atoms with Crippen LogP contribution in [0.2, 0.25) is 0 Å². The Kier molecular flexibility index (Phi) is 10.5. The number of nitrogens with one attached hydrogen (secondary N) is 3. The van der Waals surface area contributed by atoms with Crippen LogP contribution < -0.4 is 16.0 Å². The highest BCUT2D eigenvalue weighted by Gasteiger charge is 2.37. The van der Waals surface area contributed by atoms with Crippen molar-refractivity contribution in [3.05, 3.63) is 35.1 Å². The van der Waals surface area contributed by atoms with Crippen molar-refractivity contribution in [3.63, 3.8) is 0 Å². The summed E-state index contributed by atoms with van der Waals surface area (Å²) in [6, 6.07) is 3.01. The van der Waals surface area contributed by atoms with Crippen molar-refractivity contribution in [2.45, 2.75) is 70.5 Å². The molecule has 4 amide bonds. The van der Waals surface area contributed by atoms with Crippen molar-refractivity contribution >= 4 is 36.0 Å². The molecule has 2 fully saturated rings. The number of carbonyl (C=O) groups excluding carboxylic acids is 4. The Morgan fingerprint density at radius 2 is 1.87 bits per heavy atom. The fourth-order valence-electron chi connectivity index (χ4n) is 5.37. The van der Waals surface area contributed by atoms with E-state index in [1.807, 2.05) is 13.8 Å². The number of benzene rings is 1. The molecule has 3 atom stereocenters. The van der Waals surface area contributed by atoms with E-state index in [1.165, 1.54) is 15.9 Å². The molecule has 38 heavy (non-hydrogen) atoms. The highest BCUT2D eigenvalue weighted by molar-refractivity contribution is 5.98. The van der Waals surface area contributed by atoms with Gasteiger partial charge in [-0.05, 0) is 68.7 Å². The van der Waals surface area contributed by atoms with Crippen molar-refractivity contribution in [2.75, 3.05) is 32.7 Å². The summed E-state index contributed by atoms with van der Waals surface area (Å²) in [6.45, 7) is 5.51. The number of nitrogens with zero attached hydrogens (tertiary/aromatic N) is 2. The Labute approximate surface area is 229 Å². The van der Waals surface area contributed by atoms with Gasteiger partial charge in [0.1, 0.15) is 11.9 Å². The molecule has 3 aliphatic heterocycles. The average Bonchev–Trinajstić information content (AvgIpc) is 3.58. The van der Waals surface area contributed by atoms with Crippen LogP contribution in [0.5, 0.6) is 0 Å². The summed E-state index contributed by atoms with van der Waals surface area (Å²) < 4.78 is 14.7. The number of rotatable bonds is 2. The highest BCUT2D eigenvalue weighted by atomic mass is 35.5. The summed E-state index contributed by atoms with van der Waals surface area (Å²) >= 11 is 0. The van der Waals surface area contributed by atoms with Gasteiger partial charge in [0.05, 0.1) is 18.2 Å². The second-order valence-electron chi connectivity index (χ2n) is 10.7. The van der Waals surface area contributed by atoms with Crippen molar-refractivity contribution in [1.29, 1.82) is 0 Å². The zero-order valence-corrected chi connectivity index (χ0v) is 22.9. The van der Waals surface area contributed by atoms with E-state index >= 15 is 0 Å². The second-order valence-corrected chi connectivity index (χ2v) is 10.7. The lowest BCUT2D eigenvalue weighted by Gasteiger charge is -2.33. The van der Waals surface area contributed by atoms with Crippen LogP contribution in [0, 0.1) is 11.7 Å². The lowest BCUT2D eigenvalue weighted by molar-refractivity contribution is -0.138.